The number of benzene rings is 1. The number of hydrogen-bond donors (Lipinski definition) is 2. The number of amides is 1. The Morgan fingerprint density at radius 3 is 2.79 bits per heavy atom. The van der Waals surface area contributed by atoms with Crippen LogP contribution in [-0.4, -0.2) is 13.0 Å². The van der Waals surface area contributed by atoms with Crippen molar-refractivity contribution in [3.05, 3.63) is 35.1 Å². The van der Waals surface area contributed by atoms with Crippen molar-refractivity contribution in [3.63, 3.8) is 0 Å². The van der Waals surface area contributed by atoms with Crippen molar-refractivity contribution in [1.82, 2.24) is 10.9 Å². The van der Waals surface area contributed by atoms with Crippen LogP contribution < -0.4 is 10.9 Å². The van der Waals surface area contributed by atoms with Crippen LogP contribution >= 0.6 is 0 Å². The van der Waals surface area contributed by atoms with Crippen LogP contribution in [0.3, 0.4) is 0 Å². The SMILES string of the molecule is CNNC(=O)Cc1ccc(F)c(C)c1. The molecule has 1 aromatic rings. The standard InChI is InChI=1S/C10H13FN2O/c1-7-5-8(3-4-9(7)11)6-10(14)13-12-2/h3-5,12H,6H2,1-2H3,(H,13,14). The molecule has 1 aromatic carbocycles. The molecule has 0 aliphatic rings. The molecule has 76 valence electrons. The van der Waals surface area contributed by atoms with E-state index in [-0.39, 0.29) is 18.1 Å². The fourth-order valence-corrected chi connectivity index (χ4v) is 1.19. The summed E-state index contributed by atoms with van der Waals surface area (Å²) in [7, 11) is 1.62. The first-order valence-electron chi connectivity index (χ1n) is 4.34. The summed E-state index contributed by atoms with van der Waals surface area (Å²) in [4.78, 5) is 11.1. The highest BCUT2D eigenvalue weighted by Crippen LogP contribution is 2.09. The Hall–Kier alpha value is -1.42. The average molecular weight is 196 g/mol. The van der Waals surface area contributed by atoms with Crippen molar-refractivity contribution in [1.29, 1.82) is 0 Å². The van der Waals surface area contributed by atoms with Crippen molar-refractivity contribution in [3.8, 4) is 0 Å². The lowest BCUT2D eigenvalue weighted by molar-refractivity contribution is -0.121. The van der Waals surface area contributed by atoms with Gasteiger partial charge in [0.05, 0.1) is 6.42 Å². The van der Waals surface area contributed by atoms with Crippen molar-refractivity contribution in [2.24, 2.45) is 0 Å². The molecule has 0 aliphatic heterocycles. The van der Waals surface area contributed by atoms with Gasteiger partial charge in [0.1, 0.15) is 5.82 Å². The van der Waals surface area contributed by atoms with Crippen molar-refractivity contribution in [2.45, 2.75) is 13.3 Å². The molecule has 0 fully saturated rings. The molecule has 0 heterocycles. The van der Waals surface area contributed by atoms with E-state index >= 15 is 0 Å². The summed E-state index contributed by atoms with van der Waals surface area (Å²) in [5.74, 6) is -0.388. The number of carbonyl (C=O) groups excluding carboxylic acids is 1. The minimum atomic E-state index is -0.247. The van der Waals surface area contributed by atoms with Gasteiger partial charge >= 0.3 is 0 Å². The van der Waals surface area contributed by atoms with Gasteiger partial charge in [-0.1, -0.05) is 12.1 Å². The van der Waals surface area contributed by atoms with Gasteiger partial charge in [0.25, 0.3) is 0 Å². The van der Waals surface area contributed by atoms with Gasteiger partial charge < -0.3 is 0 Å². The zero-order valence-electron chi connectivity index (χ0n) is 8.23. The van der Waals surface area contributed by atoms with Gasteiger partial charge in [0.2, 0.25) is 5.91 Å². The lowest BCUT2D eigenvalue weighted by Crippen LogP contribution is -2.35. The Balaban J connectivity index is 2.68. The normalized spacial score (nSPS) is 9.93. The monoisotopic (exact) mass is 196 g/mol. The summed E-state index contributed by atoms with van der Waals surface area (Å²) in [5, 5.41) is 0. The van der Waals surface area contributed by atoms with Crippen LogP contribution in [0, 0.1) is 12.7 Å². The maximum atomic E-state index is 12.9. The van der Waals surface area contributed by atoms with Crippen LogP contribution in [0.4, 0.5) is 4.39 Å². The molecule has 1 amide bonds. The van der Waals surface area contributed by atoms with Crippen molar-refractivity contribution < 1.29 is 9.18 Å². The molecule has 4 heteroatoms. The zero-order valence-corrected chi connectivity index (χ0v) is 8.23. The van der Waals surface area contributed by atoms with Crippen LogP contribution in [0.2, 0.25) is 0 Å². The van der Waals surface area contributed by atoms with E-state index in [2.05, 4.69) is 10.9 Å². The summed E-state index contributed by atoms with van der Waals surface area (Å²) in [6.45, 7) is 1.68. The first kappa shape index (κ1) is 10.7. The van der Waals surface area contributed by atoms with E-state index in [1.54, 1.807) is 26.1 Å². The van der Waals surface area contributed by atoms with Gasteiger partial charge in [-0.15, -0.1) is 0 Å². The number of nitrogens with one attached hydrogen (secondary N) is 2. The molecule has 14 heavy (non-hydrogen) atoms. The Kier molecular flexibility index (Phi) is 3.59. The van der Waals surface area contributed by atoms with Crippen molar-refractivity contribution in [2.75, 3.05) is 7.05 Å². The molecular weight excluding hydrogens is 183 g/mol. The molecule has 2 N–H and O–H groups in total. The first-order valence-corrected chi connectivity index (χ1v) is 4.34. The van der Waals surface area contributed by atoms with Gasteiger partial charge in [-0.05, 0) is 24.1 Å². The molecular formula is C10H13FN2O. The van der Waals surface area contributed by atoms with E-state index in [0.717, 1.165) is 5.56 Å². The molecule has 0 spiro atoms. The summed E-state index contributed by atoms with van der Waals surface area (Å²) in [6.07, 6.45) is 0.252. The van der Waals surface area contributed by atoms with Gasteiger partial charge in [-0.2, -0.15) is 0 Å². The number of rotatable bonds is 3. The van der Waals surface area contributed by atoms with Gasteiger partial charge in [-0.25, -0.2) is 9.82 Å². The molecule has 0 bridgehead atoms. The quantitative estimate of drug-likeness (QED) is 0.706. The fourth-order valence-electron chi connectivity index (χ4n) is 1.19. The largest absolute Gasteiger partial charge is 0.292 e. The number of carbonyl (C=O) groups is 1. The number of hydrogen-bond acceptors (Lipinski definition) is 2. The smallest absolute Gasteiger partial charge is 0.238 e. The predicted molar refractivity (Wildman–Crippen MR) is 52.0 cm³/mol. The summed E-state index contributed by atoms with van der Waals surface area (Å²) in [5.41, 5.74) is 6.34. The summed E-state index contributed by atoms with van der Waals surface area (Å²) >= 11 is 0. The molecule has 0 atom stereocenters. The highest BCUT2D eigenvalue weighted by Gasteiger charge is 2.03. The second-order valence-electron chi connectivity index (χ2n) is 3.06. The lowest BCUT2D eigenvalue weighted by Gasteiger charge is -2.04. The number of aryl methyl sites for hydroxylation is 1. The van der Waals surface area contributed by atoms with Gasteiger partial charge in [0, 0.05) is 7.05 Å². The fraction of sp³-hybridized carbons (Fsp3) is 0.300. The second-order valence-corrected chi connectivity index (χ2v) is 3.06. The highest BCUT2D eigenvalue weighted by molar-refractivity contribution is 5.78. The van der Waals surface area contributed by atoms with Crippen molar-refractivity contribution >= 4 is 5.91 Å². The number of halogens is 1. The molecule has 0 aliphatic carbocycles. The third-order valence-corrected chi connectivity index (χ3v) is 1.85. The third kappa shape index (κ3) is 2.81. The van der Waals surface area contributed by atoms with E-state index in [4.69, 9.17) is 0 Å². The zero-order chi connectivity index (χ0) is 10.6. The Labute approximate surface area is 82.3 Å². The van der Waals surface area contributed by atoms with Crippen LogP contribution in [0.5, 0.6) is 0 Å². The van der Waals surface area contributed by atoms with Gasteiger partial charge in [-0.3, -0.25) is 10.2 Å². The summed E-state index contributed by atoms with van der Waals surface area (Å²) < 4.78 is 12.9. The third-order valence-electron chi connectivity index (χ3n) is 1.85. The highest BCUT2D eigenvalue weighted by atomic mass is 19.1. The maximum absolute atomic E-state index is 12.9. The van der Waals surface area contributed by atoms with E-state index in [1.807, 2.05) is 0 Å². The van der Waals surface area contributed by atoms with E-state index in [1.165, 1.54) is 6.07 Å². The Bertz CT molecular complexity index is 339. The van der Waals surface area contributed by atoms with Gasteiger partial charge in [0.15, 0.2) is 0 Å². The van der Waals surface area contributed by atoms with E-state index < -0.39 is 0 Å². The topological polar surface area (TPSA) is 41.1 Å². The molecule has 0 saturated carbocycles. The molecule has 0 aromatic heterocycles. The van der Waals surface area contributed by atoms with Crippen LogP contribution in [0.1, 0.15) is 11.1 Å². The second kappa shape index (κ2) is 4.72. The Morgan fingerprint density at radius 1 is 1.50 bits per heavy atom. The summed E-state index contributed by atoms with van der Waals surface area (Å²) in [6, 6.07) is 4.65. The number of hydrazine groups is 1. The molecule has 1 rings (SSSR count). The minimum absolute atomic E-state index is 0.140. The Morgan fingerprint density at radius 2 is 2.21 bits per heavy atom. The lowest BCUT2D eigenvalue weighted by atomic mass is 10.1. The van der Waals surface area contributed by atoms with Crippen LogP contribution in [0.25, 0.3) is 0 Å². The maximum Gasteiger partial charge on any atom is 0.238 e. The minimum Gasteiger partial charge on any atom is -0.292 e. The first-order chi connectivity index (χ1) is 6.63. The van der Waals surface area contributed by atoms with Crippen LogP contribution in [0.15, 0.2) is 18.2 Å². The molecule has 0 unspecified atom stereocenters. The average Bonchev–Trinajstić information content (AvgIpc) is 2.12. The van der Waals surface area contributed by atoms with Crippen LogP contribution in [-0.2, 0) is 11.2 Å². The van der Waals surface area contributed by atoms with E-state index in [9.17, 15) is 9.18 Å². The predicted octanol–water partition coefficient (Wildman–Crippen LogP) is 0.927. The molecule has 0 radical (unpaired) electrons. The molecule has 3 nitrogen and oxygen atoms in total. The van der Waals surface area contributed by atoms with E-state index in [0.29, 0.717) is 5.56 Å². The molecule has 0 saturated heterocycles.